The highest BCUT2D eigenvalue weighted by molar-refractivity contribution is 7.89. The molecule has 1 aromatic carbocycles. The van der Waals surface area contributed by atoms with Crippen LogP contribution in [0.25, 0.3) is 27.6 Å². The number of imidazole rings is 1. The summed E-state index contributed by atoms with van der Waals surface area (Å²) in [6.07, 6.45) is 6.53. The number of ether oxygens (including phenoxy) is 1. The summed E-state index contributed by atoms with van der Waals surface area (Å²) < 4.78 is 51.8. The number of rotatable bonds is 10. The van der Waals surface area contributed by atoms with Crippen LogP contribution in [0.2, 0.25) is 0 Å². The zero-order chi connectivity index (χ0) is 30.2. The molecular weight excluding hydrogens is 619 g/mol. The Morgan fingerprint density at radius 3 is 2.84 bits per heavy atom. The fourth-order valence-corrected chi connectivity index (χ4v) is 7.19. The van der Waals surface area contributed by atoms with Gasteiger partial charge >= 0.3 is 7.82 Å². The van der Waals surface area contributed by atoms with Gasteiger partial charge in [0.05, 0.1) is 11.4 Å². The summed E-state index contributed by atoms with van der Waals surface area (Å²) in [5.41, 5.74) is 2.59. The number of phosphoric ester groups is 1. The Morgan fingerprint density at radius 1 is 1.19 bits per heavy atom. The SMILES string of the molecule is Cn1ccc(S(=O)(=O)N2CCCC(Nc3nccc(-c4c(-c5cccc(OCOP(=O)(O)O)c5)nc5sccn45)n3)C2)n1. The average molecular weight is 647 g/mol. The molecule has 0 aliphatic carbocycles. The second-order valence-corrected chi connectivity index (χ2v) is 13.7. The number of benzene rings is 1. The maximum atomic E-state index is 13.1. The summed E-state index contributed by atoms with van der Waals surface area (Å²) in [6, 6.07) is 9.95. The highest BCUT2D eigenvalue weighted by Crippen LogP contribution is 2.37. The molecule has 1 aliphatic heterocycles. The van der Waals surface area contributed by atoms with Crippen LogP contribution in [-0.4, -0.2) is 77.6 Å². The van der Waals surface area contributed by atoms with E-state index in [9.17, 15) is 13.0 Å². The lowest BCUT2D eigenvalue weighted by molar-refractivity contribution is 0.0829. The van der Waals surface area contributed by atoms with Gasteiger partial charge in [0.1, 0.15) is 11.4 Å². The van der Waals surface area contributed by atoms with E-state index in [1.165, 1.54) is 26.4 Å². The molecule has 15 nitrogen and oxygen atoms in total. The summed E-state index contributed by atoms with van der Waals surface area (Å²) in [5.74, 6) is 0.684. The molecule has 1 atom stereocenters. The number of sulfonamides is 1. The number of anilines is 1. The predicted octanol–water partition coefficient (Wildman–Crippen LogP) is 2.96. The van der Waals surface area contributed by atoms with Crippen molar-refractivity contribution in [2.75, 3.05) is 25.2 Å². The van der Waals surface area contributed by atoms with Crippen LogP contribution in [0.3, 0.4) is 0 Å². The van der Waals surface area contributed by atoms with Crippen molar-refractivity contribution in [2.45, 2.75) is 23.9 Å². The monoisotopic (exact) mass is 646 g/mol. The first-order valence-corrected chi connectivity index (χ1v) is 16.9. The largest absolute Gasteiger partial charge is 0.472 e. The van der Waals surface area contributed by atoms with Crippen LogP contribution in [0.4, 0.5) is 5.95 Å². The van der Waals surface area contributed by atoms with Crippen LogP contribution < -0.4 is 10.1 Å². The Bertz CT molecular complexity index is 1920. The third kappa shape index (κ3) is 6.47. The molecule has 0 bridgehead atoms. The smallest absolute Gasteiger partial charge is 0.467 e. The molecule has 6 rings (SSSR count). The first-order valence-electron chi connectivity index (χ1n) is 13.1. The normalized spacial score (nSPS) is 16.5. The highest BCUT2D eigenvalue weighted by Gasteiger charge is 2.32. The standard InChI is InChI=1S/C25H27N8O7PS2/c1-31-11-8-21(30-31)43(37,38)32-10-3-5-18(15-32)27-24-26-9-7-20(28-24)23-22(29-25-33(23)12-13-42-25)17-4-2-6-19(14-17)39-16-40-41(34,35)36/h2,4,6-9,11-14,18H,3,5,10,15-16H2,1H3,(H,26,27,28)(H2,34,35,36). The third-order valence-electron chi connectivity index (χ3n) is 6.72. The minimum Gasteiger partial charge on any atom is -0.467 e. The molecule has 1 aliphatic rings. The summed E-state index contributed by atoms with van der Waals surface area (Å²) in [5, 5.41) is 9.32. The molecule has 1 fully saturated rings. The number of aromatic nitrogens is 6. The molecule has 1 saturated heterocycles. The third-order valence-corrected chi connectivity index (χ3v) is 9.68. The Kier molecular flexibility index (Phi) is 8.04. The molecule has 5 heterocycles. The van der Waals surface area contributed by atoms with E-state index >= 15 is 0 Å². The van der Waals surface area contributed by atoms with Gasteiger partial charge in [0, 0.05) is 55.7 Å². The van der Waals surface area contributed by atoms with Gasteiger partial charge in [0.2, 0.25) is 5.95 Å². The van der Waals surface area contributed by atoms with Crippen LogP contribution in [0.15, 0.2) is 65.4 Å². The number of fused-ring (bicyclic) bond motifs is 1. The molecule has 0 spiro atoms. The lowest BCUT2D eigenvalue weighted by Crippen LogP contribution is -2.45. The van der Waals surface area contributed by atoms with E-state index in [0.29, 0.717) is 47.3 Å². The maximum absolute atomic E-state index is 13.1. The summed E-state index contributed by atoms with van der Waals surface area (Å²) in [4.78, 5) is 32.5. The molecule has 0 radical (unpaired) electrons. The van der Waals surface area contributed by atoms with Crippen LogP contribution >= 0.6 is 19.2 Å². The minimum absolute atomic E-state index is 0.0192. The van der Waals surface area contributed by atoms with Crippen molar-refractivity contribution in [3.05, 3.63) is 60.4 Å². The van der Waals surface area contributed by atoms with Gasteiger partial charge < -0.3 is 19.8 Å². The van der Waals surface area contributed by atoms with Gasteiger partial charge in [0.15, 0.2) is 16.8 Å². The van der Waals surface area contributed by atoms with Gasteiger partial charge in [-0.2, -0.15) is 9.40 Å². The van der Waals surface area contributed by atoms with Crippen molar-refractivity contribution in [2.24, 2.45) is 7.05 Å². The first-order chi connectivity index (χ1) is 20.6. The van der Waals surface area contributed by atoms with Crippen LogP contribution in [0.1, 0.15) is 12.8 Å². The van der Waals surface area contributed by atoms with Gasteiger partial charge in [-0.05, 0) is 37.1 Å². The molecule has 3 N–H and O–H groups in total. The number of thiazole rings is 1. The highest BCUT2D eigenvalue weighted by atomic mass is 32.2. The Labute approximate surface area is 250 Å². The zero-order valence-corrected chi connectivity index (χ0v) is 25.2. The summed E-state index contributed by atoms with van der Waals surface area (Å²) in [6.45, 7) is 0.0286. The number of hydrogen-bond acceptors (Lipinski definition) is 11. The second-order valence-electron chi connectivity index (χ2n) is 9.71. The van der Waals surface area contributed by atoms with E-state index in [2.05, 4.69) is 19.9 Å². The first kappa shape index (κ1) is 29.4. The minimum atomic E-state index is -4.67. The Hall–Kier alpha value is -3.70. The van der Waals surface area contributed by atoms with E-state index in [4.69, 9.17) is 24.5 Å². The van der Waals surface area contributed by atoms with Crippen molar-refractivity contribution >= 4 is 40.1 Å². The molecule has 5 aromatic rings. The lowest BCUT2D eigenvalue weighted by atomic mass is 10.1. The molecular formula is C25H27N8O7PS2. The van der Waals surface area contributed by atoms with Gasteiger partial charge in [0.25, 0.3) is 10.0 Å². The van der Waals surface area contributed by atoms with Crippen molar-refractivity contribution in [1.29, 1.82) is 0 Å². The molecule has 0 saturated carbocycles. The molecule has 43 heavy (non-hydrogen) atoms. The lowest BCUT2D eigenvalue weighted by Gasteiger charge is -2.31. The second kappa shape index (κ2) is 11.8. The molecule has 226 valence electrons. The number of piperidine rings is 1. The Morgan fingerprint density at radius 2 is 2.05 bits per heavy atom. The molecule has 0 amide bonds. The van der Waals surface area contributed by atoms with Crippen LogP contribution in [0.5, 0.6) is 5.75 Å². The van der Waals surface area contributed by atoms with Crippen LogP contribution in [0, 0.1) is 0 Å². The van der Waals surface area contributed by atoms with Crippen molar-refractivity contribution in [1.82, 2.24) is 33.4 Å². The quantitative estimate of drug-likeness (QED) is 0.149. The van der Waals surface area contributed by atoms with E-state index in [1.807, 2.05) is 22.0 Å². The van der Waals surface area contributed by atoms with Crippen molar-refractivity contribution in [3.63, 3.8) is 0 Å². The van der Waals surface area contributed by atoms with Gasteiger partial charge in [-0.15, -0.1) is 11.3 Å². The topological polar surface area (TPSA) is 186 Å². The number of nitrogens with zero attached hydrogens (tertiary/aromatic N) is 7. The fraction of sp³-hybridized carbons (Fsp3) is 0.280. The van der Waals surface area contributed by atoms with Gasteiger partial charge in [-0.1, -0.05) is 12.1 Å². The number of hydrogen-bond donors (Lipinski definition) is 3. The van der Waals surface area contributed by atoms with E-state index in [0.717, 1.165) is 11.4 Å². The zero-order valence-electron chi connectivity index (χ0n) is 22.7. The van der Waals surface area contributed by atoms with Gasteiger partial charge in [-0.3, -0.25) is 9.08 Å². The summed E-state index contributed by atoms with van der Waals surface area (Å²) >= 11 is 1.45. The average Bonchev–Trinajstić information content (AvgIpc) is 3.69. The molecule has 4 aromatic heterocycles. The Balaban J connectivity index is 1.25. The predicted molar refractivity (Wildman–Crippen MR) is 157 cm³/mol. The number of phosphoric acid groups is 1. The number of aryl methyl sites for hydroxylation is 1. The molecule has 18 heteroatoms. The van der Waals surface area contributed by atoms with Crippen molar-refractivity contribution in [3.8, 4) is 28.4 Å². The van der Waals surface area contributed by atoms with E-state index < -0.39 is 24.6 Å². The fourth-order valence-electron chi connectivity index (χ4n) is 4.81. The van der Waals surface area contributed by atoms with Gasteiger partial charge in [-0.25, -0.2) is 32.5 Å². The van der Waals surface area contributed by atoms with E-state index in [1.54, 1.807) is 43.7 Å². The van der Waals surface area contributed by atoms with E-state index in [-0.39, 0.29) is 17.6 Å². The van der Waals surface area contributed by atoms with Crippen molar-refractivity contribution < 1.29 is 32.0 Å². The van der Waals surface area contributed by atoms with Crippen LogP contribution in [-0.2, 0) is 26.2 Å². The number of nitrogens with one attached hydrogen (secondary N) is 1. The maximum Gasteiger partial charge on any atom is 0.472 e. The molecule has 1 unspecified atom stereocenters. The summed E-state index contributed by atoms with van der Waals surface area (Å²) in [7, 11) is -6.72.